The number of carbonyl (C=O) groups excluding carboxylic acids is 1. The summed E-state index contributed by atoms with van der Waals surface area (Å²) in [5, 5.41) is 27.9. The van der Waals surface area contributed by atoms with Crippen LogP contribution in [-0.2, 0) is 16.0 Å². The molecule has 0 radical (unpaired) electrons. The lowest BCUT2D eigenvalue weighted by atomic mass is 10.1. The summed E-state index contributed by atoms with van der Waals surface area (Å²) >= 11 is 0. The zero-order valence-electron chi connectivity index (χ0n) is 13.1. The van der Waals surface area contributed by atoms with E-state index in [4.69, 9.17) is 10.00 Å². The molecule has 1 unspecified atom stereocenters. The zero-order chi connectivity index (χ0) is 17.5. The van der Waals surface area contributed by atoms with Crippen LogP contribution in [0.5, 0.6) is 11.5 Å². The van der Waals surface area contributed by atoms with Crippen molar-refractivity contribution in [1.29, 1.82) is 5.26 Å². The molecule has 5 nitrogen and oxygen atoms in total. The number of nitriles is 1. The smallest absolute Gasteiger partial charge is 0.349 e. The first-order chi connectivity index (χ1) is 11.5. The van der Waals surface area contributed by atoms with E-state index in [0.717, 1.165) is 5.56 Å². The van der Waals surface area contributed by atoms with Crippen molar-refractivity contribution in [1.82, 2.24) is 0 Å². The van der Waals surface area contributed by atoms with E-state index in [1.807, 2.05) is 30.3 Å². The highest BCUT2D eigenvalue weighted by Gasteiger charge is 2.15. The van der Waals surface area contributed by atoms with Crippen LogP contribution in [0.1, 0.15) is 18.1 Å². The molecule has 0 aromatic heterocycles. The Balaban J connectivity index is 2.07. The van der Waals surface area contributed by atoms with Crippen molar-refractivity contribution in [3.63, 3.8) is 0 Å². The second-order valence-electron chi connectivity index (χ2n) is 5.32. The molecule has 2 aromatic carbocycles. The molecular weight excluding hydrogens is 306 g/mol. The Bertz CT molecular complexity index is 791. The fourth-order valence-corrected chi connectivity index (χ4v) is 2.17. The lowest BCUT2D eigenvalue weighted by Gasteiger charge is -2.13. The maximum absolute atomic E-state index is 12.1. The Morgan fingerprint density at radius 3 is 2.54 bits per heavy atom. The average Bonchev–Trinajstić information content (AvgIpc) is 2.56. The van der Waals surface area contributed by atoms with Crippen LogP contribution in [0.3, 0.4) is 0 Å². The number of hydrogen-bond donors (Lipinski definition) is 2. The van der Waals surface area contributed by atoms with E-state index in [9.17, 15) is 15.0 Å². The molecule has 2 N–H and O–H groups in total. The number of aromatic hydroxyl groups is 2. The molecule has 24 heavy (non-hydrogen) atoms. The fourth-order valence-electron chi connectivity index (χ4n) is 2.17. The fraction of sp³-hybridized carbons (Fsp3) is 0.158. The first-order valence-electron chi connectivity index (χ1n) is 7.38. The van der Waals surface area contributed by atoms with Gasteiger partial charge in [-0.2, -0.15) is 5.26 Å². The maximum atomic E-state index is 12.1. The molecule has 2 rings (SSSR count). The van der Waals surface area contributed by atoms with Crippen LogP contribution in [0.15, 0.2) is 54.1 Å². The summed E-state index contributed by atoms with van der Waals surface area (Å²) in [6.07, 6.45) is 1.46. The Kier molecular flexibility index (Phi) is 5.58. The molecule has 0 aliphatic heterocycles. The van der Waals surface area contributed by atoms with Crippen molar-refractivity contribution in [2.24, 2.45) is 0 Å². The predicted octanol–water partition coefficient (Wildman–Crippen LogP) is 3.18. The second-order valence-corrected chi connectivity index (χ2v) is 5.32. The van der Waals surface area contributed by atoms with Gasteiger partial charge < -0.3 is 14.9 Å². The largest absolute Gasteiger partial charge is 0.504 e. The first kappa shape index (κ1) is 17.1. The molecule has 0 amide bonds. The lowest BCUT2D eigenvalue weighted by Crippen LogP contribution is -2.18. The van der Waals surface area contributed by atoms with E-state index in [-0.39, 0.29) is 23.2 Å². The van der Waals surface area contributed by atoms with Crippen LogP contribution in [0.25, 0.3) is 6.08 Å². The summed E-state index contributed by atoms with van der Waals surface area (Å²) in [6, 6.07) is 15.4. The summed E-state index contributed by atoms with van der Waals surface area (Å²) in [6.45, 7) is 1.76. The van der Waals surface area contributed by atoms with Gasteiger partial charge in [0.2, 0.25) is 0 Å². The topological polar surface area (TPSA) is 90.6 Å². The van der Waals surface area contributed by atoms with Crippen LogP contribution in [0.2, 0.25) is 0 Å². The van der Waals surface area contributed by atoms with Crippen molar-refractivity contribution in [3.8, 4) is 17.6 Å². The van der Waals surface area contributed by atoms with Gasteiger partial charge in [0.1, 0.15) is 17.7 Å². The van der Waals surface area contributed by atoms with E-state index >= 15 is 0 Å². The molecule has 0 saturated heterocycles. The molecule has 2 aromatic rings. The highest BCUT2D eigenvalue weighted by atomic mass is 16.5. The van der Waals surface area contributed by atoms with E-state index < -0.39 is 5.97 Å². The third-order valence-electron chi connectivity index (χ3n) is 3.33. The normalized spacial score (nSPS) is 12.2. The standard InChI is InChI=1S/C19H17NO4/c1-13(9-14-5-3-2-4-6-14)24-19(23)16(12-20)10-15-7-8-17(21)18(22)11-15/h2-8,10-11,13,21-22H,9H2,1H3. The number of rotatable bonds is 5. The second kappa shape index (κ2) is 7.84. The predicted molar refractivity (Wildman–Crippen MR) is 89.1 cm³/mol. The minimum Gasteiger partial charge on any atom is -0.504 e. The van der Waals surface area contributed by atoms with Crippen LogP contribution in [0, 0.1) is 11.3 Å². The highest BCUT2D eigenvalue weighted by Crippen LogP contribution is 2.26. The van der Waals surface area contributed by atoms with Crippen molar-refractivity contribution in [2.45, 2.75) is 19.4 Å². The molecule has 5 heteroatoms. The van der Waals surface area contributed by atoms with Crippen LogP contribution in [-0.4, -0.2) is 22.3 Å². The van der Waals surface area contributed by atoms with Crippen molar-refractivity contribution < 1.29 is 19.7 Å². The summed E-state index contributed by atoms with van der Waals surface area (Å²) in [4.78, 5) is 12.1. The van der Waals surface area contributed by atoms with Gasteiger partial charge in [0.25, 0.3) is 0 Å². The molecular formula is C19H17NO4. The van der Waals surface area contributed by atoms with Gasteiger partial charge in [-0.15, -0.1) is 0 Å². The number of nitrogens with zero attached hydrogens (tertiary/aromatic N) is 1. The molecule has 122 valence electrons. The van der Waals surface area contributed by atoms with Gasteiger partial charge in [-0.1, -0.05) is 36.4 Å². The lowest BCUT2D eigenvalue weighted by molar-refractivity contribution is -0.142. The van der Waals surface area contributed by atoms with Crippen molar-refractivity contribution in [2.75, 3.05) is 0 Å². The minimum absolute atomic E-state index is 0.181. The highest BCUT2D eigenvalue weighted by molar-refractivity contribution is 5.98. The van der Waals surface area contributed by atoms with E-state index in [1.165, 1.54) is 24.3 Å². The minimum atomic E-state index is -0.728. The van der Waals surface area contributed by atoms with Crippen molar-refractivity contribution >= 4 is 12.0 Å². The van der Waals surface area contributed by atoms with Gasteiger partial charge >= 0.3 is 5.97 Å². The van der Waals surface area contributed by atoms with Crippen LogP contribution < -0.4 is 0 Å². The van der Waals surface area contributed by atoms with Crippen molar-refractivity contribution in [3.05, 3.63) is 65.2 Å². The summed E-state index contributed by atoms with van der Waals surface area (Å²) in [5.74, 6) is -1.33. The molecule has 0 spiro atoms. The third kappa shape index (κ3) is 4.62. The number of ether oxygens (including phenoxy) is 1. The Morgan fingerprint density at radius 1 is 1.21 bits per heavy atom. The third-order valence-corrected chi connectivity index (χ3v) is 3.33. The summed E-state index contributed by atoms with van der Waals surface area (Å²) < 4.78 is 5.29. The van der Waals surface area contributed by atoms with E-state index in [0.29, 0.717) is 12.0 Å². The number of benzene rings is 2. The molecule has 0 saturated carbocycles. The molecule has 0 fully saturated rings. The summed E-state index contributed by atoms with van der Waals surface area (Å²) in [5.41, 5.74) is 1.26. The maximum Gasteiger partial charge on any atom is 0.349 e. The molecule has 0 aliphatic rings. The Hall–Kier alpha value is -3.26. The van der Waals surface area contributed by atoms with E-state index in [2.05, 4.69) is 0 Å². The monoisotopic (exact) mass is 323 g/mol. The Labute approximate surface area is 140 Å². The van der Waals surface area contributed by atoms with Gasteiger partial charge in [-0.25, -0.2) is 4.79 Å². The molecule has 0 heterocycles. The number of phenols is 2. The van der Waals surface area contributed by atoms with Gasteiger partial charge in [0.15, 0.2) is 11.5 Å². The number of esters is 1. The zero-order valence-corrected chi connectivity index (χ0v) is 13.1. The Morgan fingerprint density at radius 2 is 1.92 bits per heavy atom. The molecule has 0 aliphatic carbocycles. The van der Waals surface area contributed by atoms with Gasteiger partial charge in [0.05, 0.1) is 0 Å². The van der Waals surface area contributed by atoms with Crippen LogP contribution >= 0.6 is 0 Å². The number of phenolic OH excluding ortho intramolecular Hbond substituents is 2. The van der Waals surface area contributed by atoms with Gasteiger partial charge in [-0.3, -0.25) is 0 Å². The van der Waals surface area contributed by atoms with Gasteiger partial charge in [-0.05, 0) is 36.3 Å². The quantitative estimate of drug-likeness (QED) is 0.382. The first-order valence-corrected chi connectivity index (χ1v) is 7.38. The number of carbonyl (C=O) groups is 1. The molecule has 1 atom stereocenters. The SMILES string of the molecule is CC(Cc1ccccc1)OC(=O)C(C#N)=Cc1ccc(O)c(O)c1. The van der Waals surface area contributed by atoms with Gasteiger partial charge in [0, 0.05) is 6.42 Å². The van der Waals surface area contributed by atoms with Crippen LogP contribution in [0.4, 0.5) is 0 Å². The average molecular weight is 323 g/mol. The summed E-state index contributed by atoms with van der Waals surface area (Å²) in [7, 11) is 0. The molecule has 0 bridgehead atoms. The van der Waals surface area contributed by atoms with E-state index in [1.54, 1.807) is 13.0 Å². The number of hydrogen-bond acceptors (Lipinski definition) is 5.